The van der Waals surface area contributed by atoms with Crippen LogP contribution in [0.3, 0.4) is 0 Å². The number of carbonyl (C=O) groups excluding carboxylic acids is 1. The molecule has 0 bridgehead atoms. The van der Waals surface area contributed by atoms with Crippen LogP contribution in [-0.2, 0) is 0 Å². The largest absolute Gasteiger partial charge is 0.440 e. The lowest BCUT2D eigenvalue weighted by molar-refractivity contribution is 0.0605. The first-order valence-electron chi connectivity index (χ1n) is 6.80. The van der Waals surface area contributed by atoms with E-state index in [0.29, 0.717) is 6.54 Å². The molecule has 0 spiro atoms. The zero-order valence-electron chi connectivity index (χ0n) is 12.0. The average molecular weight is 308 g/mol. The number of likely N-dealkylation sites (N-methyl/N-ethyl adjacent to an activating group) is 1. The second-order valence-electron chi connectivity index (χ2n) is 4.87. The van der Waals surface area contributed by atoms with Gasteiger partial charge in [-0.2, -0.15) is 0 Å². The summed E-state index contributed by atoms with van der Waals surface area (Å²) < 4.78 is 5.12. The van der Waals surface area contributed by atoms with E-state index in [4.69, 9.17) is 16.0 Å². The molecule has 2 aromatic rings. The molecule has 112 valence electrons. The van der Waals surface area contributed by atoms with Crippen LogP contribution in [-0.4, -0.2) is 29.0 Å². The summed E-state index contributed by atoms with van der Waals surface area (Å²) in [6.45, 7) is 4.51. The van der Waals surface area contributed by atoms with Crippen molar-refractivity contribution in [1.29, 1.82) is 0 Å². The number of nitrogens with zero attached hydrogens (tertiary/aromatic N) is 1. The predicted molar refractivity (Wildman–Crippen MR) is 81.4 cm³/mol. The van der Waals surface area contributed by atoms with Crippen molar-refractivity contribution in [2.75, 3.05) is 13.1 Å². The number of aliphatic hydroxyl groups is 1. The quantitative estimate of drug-likeness (QED) is 0.920. The molecule has 1 heterocycles. The van der Waals surface area contributed by atoms with E-state index in [-0.39, 0.29) is 23.4 Å². The number of benzene rings is 1. The number of furan rings is 1. The van der Waals surface area contributed by atoms with Crippen LogP contribution >= 0.6 is 11.6 Å². The van der Waals surface area contributed by atoms with Gasteiger partial charge in [0.1, 0.15) is 0 Å². The monoisotopic (exact) mass is 307 g/mol. The number of rotatable bonds is 5. The van der Waals surface area contributed by atoms with Gasteiger partial charge in [-0.3, -0.25) is 4.79 Å². The van der Waals surface area contributed by atoms with Crippen LogP contribution in [0.15, 0.2) is 40.8 Å². The number of amides is 1. The minimum Gasteiger partial charge on any atom is -0.440 e. The van der Waals surface area contributed by atoms with Gasteiger partial charge < -0.3 is 14.4 Å². The van der Waals surface area contributed by atoms with Crippen LogP contribution in [0.4, 0.5) is 0 Å². The van der Waals surface area contributed by atoms with Gasteiger partial charge in [-0.15, -0.1) is 0 Å². The Morgan fingerprint density at radius 1 is 1.29 bits per heavy atom. The Morgan fingerprint density at radius 2 is 1.95 bits per heavy atom. The molecule has 21 heavy (non-hydrogen) atoms. The highest BCUT2D eigenvalue weighted by atomic mass is 35.5. The van der Waals surface area contributed by atoms with Crippen LogP contribution < -0.4 is 0 Å². The van der Waals surface area contributed by atoms with Crippen LogP contribution in [0.5, 0.6) is 0 Å². The van der Waals surface area contributed by atoms with Gasteiger partial charge in [0.25, 0.3) is 5.91 Å². The van der Waals surface area contributed by atoms with Crippen LogP contribution in [0.25, 0.3) is 0 Å². The summed E-state index contributed by atoms with van der Waals surface area (Å²) in [4.78, 5) is 13.8. The number of aryl methyl sites for hydroxylation is 1. The summed E-state index contributed by atoms with van der Waals surface area (Å²) in [5.74, 6) is -0.103. The first-order valence-corrected chi connectivity index (χ1v) is 7.18. The maximum Gasteiger partial charge on any atom is 0.289 e. The molecule has 0 aliphatic carbocycles. The van der Waals surface area contributed by atoms with E-state index in [2.05, 4.69) is 0 Å². The Hall–Kier alpha value is -1.78. The Bertz CT molecular complexity index is 606. The van der Waals surface area contributed by atoms with Gasteiger partial charge in [-0.05, 0) is 43.1 Å². The normalized spacial score (nSPS) is 12.2. The Labute approximate surface area is 128 Å². The van der Waals surface area contributed by atoms with Crippen molar-refractivity contribution in [2.45, 2.75) is 20.0 Å². The van der Waals surface area contributed by atoms with Crippen LogP contribution in [0.1, 0.15) is 34.7 Å². The third kappa shape index (κ3) is 3.86. The molecule has 0 aliphatic heterocycles. The van der Waals surface area contributed by atoms with Crippen LogP contribution in [0.2, 0.25) is 5.22 Å². The molecule has 0 radical (unpaired) electrons. The van der Waals surface area contributed by atoms with E-state index in [1.54, 1.807) is 0 Å². The molecule has 0 saturated heterocycles. The molecule has 4 nitrogen and oxygen atoms in total. The van der Waals surface area contributed by atoms with Gasteiger partial charge in [-0.25, -0.2) is 0 Å². The van der Waals surface area contributed by atoms with Gasteiger partial charge in [0.15, 0.2) is 11.0 Å². The SMILES string of the molecule is CCN(CC(O)c1ccc(C)cc1)C(=O)c1ccc(Cl)o1. The van der Waals surface area contributed by atoms with Crippen molar-refractivity contribution >= 4 is 17.5 Å². The molecule has 1 amide bonds. The second kappa shape index (κ2) is 6.78. The zero-order valence-corrected chi connectivity index (χ0v) is 12.8. The van der Waals surface area contributed by atoms with Crippen molar-refractivity contribution in [3.63, 3.8) is 0 Å². The molecule has 1 atom stereocenters. The van der Waals surface area contributed by atoms with Crippen molar-refractivity contribution in [1.82, 2.24) is 4.90 Å². The van der Waals surface area contributed by atoms with E-state index in [9.17, 15) is 9.90 Å². The topological polar surface area (TPSA) is 53.7 Å². The highest BCUT2D eigenvalue weighted by molar-refractivity contribution is 6.29. The van der Waals surface area contributed by atoms with E-state index in [1.165, 1.54) is 17.0 Å². The highest BCUT2D eigenvalue weighted by Gasteiger charge is 2.21. The molecule has 1 aromatic carbocycles. The molecule has 0 aliphatic rings. The Balaban J connectivity index is 2.08. The van der Waals surface area contributed by atoms with Gasteiger partial charge in [0.05, 0.1) is 12.6 Å². The van der Waals surface area contributed by atoms with E-state index < -0.39 is 6.10 Å². The maximum absolute atomic E-state index is 12.3. The number of halogens is 1. The average Bonchev–Trinajstić information content (AvgIpc) is 2.91. The number of aliphatic hydroxyl groups excluding tert-OH is 1. The molecule has 1 aromatic heterocycles. The summed E-state index contributed by atoms with van der Waals surface area (Å²) in [5.41, 5.74) is 1.91. The molecular formula is C16H18ClNO3. The number of carbonyl (C=O) groups is 1. The van der Waals surface area contributed by atoms with E-state index in [0.717, 1.165) is 11.1 Å². The first-order chi connectivity index (χ1) is 10.0. The lowest BCUT2D eigenvalue weighted by Crippen LogP contribution is -2.34. The predicted octanol–water partition coefficient (Wildman–Crippen LogP) is 3.44. The first kappa shape index (κ1) is 15.6. The lowest BCUT2D eigenvalue weighted by Gasteiger charge is -2.23. The Kier molecular flexibility index (Phi) is 5.04. The third-order valence-corrected chi connectivity index (χ3v) is 3.51. The molecule has 2 rings (SSSR count). The fourth-order valence-corrected chi connectivity index (χ4v) is 2.19. The minimum atomic E-state index is -0.736. The summed E-state index contributed by atoms with van der Waals surface area (Å²) in [6.07, 6.45) is -0.736. The summed E-state index contributed by atoms with van der Waals surface area (Å²) >= 11 is 5.68. The molecule has 0 saturated carbocycles. The van der Waals surface area contributed by atoms with Gasteiger partial charge in [-0.1, -0.05) is 29.8 Å². The second-order valence-corrected chi connectivity index (χ2v) is 5.25. The van der Waals surface area contributed by atoms with Gasteiger partial charge >= 0.3 is 0 Å². The van der Waals surface area contributed by atoms with Crippen LogP contribution in [0, 0.1) is 6.92 Å². The number of hydrogen-bond donors (Lipinski definition) is 1. The third-order valence-electron chi connectivity index (χ3n) is 3.31. The van der Waals surface area contributed by atoms with Gasteiger partial charge in [0, 0.05) is 6.54 Å². The Morgan fingerprint density at radius 3 is 2.48 bits per heavy atom. The maximum atomic E-state index is 12.3. The molecule has 0 fully saturated rings. The number of hydrogen-bond acceptors (Lipinski definition) is 3. The van der Waals surface area contributed by atoms with E-state index >= 15 is 0 Å². The zero-order chi connectivity index (χ0) is 15.4. The molecule has 5 heteroatoms. The fourth-order valence-electron chi connectivity index (χ4n) is 2.04. The summed E-state index contributed by atoms with van der Waals surface area (Å²) in [6, 6.07) is 10.7. The molecular weight excluding hydrogens is 290 g/mol. The summed E-state index contributed by atoms with van der Waals surface area (Å²) in [7, 11) is 0. The van der Waals surface area contributed by atoms with Crippen molar-refractivity contribution < 1.29 is 14.3 Å². The van der Waals surface area contributed by atoms with Crippen molar-refractivity contribution in [3.8, 4) is 0 Å². The standard InChI is InChI=1S/C16H18ClNO3/c1-3-18(16(20)14-8-9-15(17)21-14)10-13(19)12-6-4-11(2)5-7-12/h4-9,13,19H,3,10H2,1-2H3. The van der Waals surface area contributed by atoms with Gasteiger partial charge in [0.2, 0.25) is 0 Å². The molecule has 1 N–H and O–H groups in total. The summed E-state index contributed by atoms with van der Waals surface area (Å²) in [5, 5.41) is 10.4. The van der Waals surface area contributed by atoms with E-state index in [1.807, 2.05) is 38.1 Å². The lowest BCUT2D eigenvalue weighted by atomic mass is 10.1. The van der Waals surface area contributed by atoms with Crippen molar-refractivity contribution in [3.05, 3.63) is 58.5 Å². The fraction of sp³-hybridized carbons (Fsp3) is 0.312. The molecule has 1 unspecified atom stereocenters. The van der Waals surface area contributed by atoms with Crippen molar-refractivity contribution in [2.24, 2.45) is 0 Å². The minimum absolute atomic E-state index is 0.175. The smallest absolute Gasteiger partial charge is 0.289 e. The highest BCUT2D eigenvalue weighted by Crippen LogP contribution is 2.19.